The highest BCUT2D eigenvalue weighted by molar-refractivity contribution is 7.80. The van der Waals surface area contributed by atoms with Crippen molar-refractivity contribution >= 4 is 12.6 Å². The molecule has 0 saturated carbocycles. The summed E-state index contributed by atoms with van der Waals surface area (Å²) in [5.74, 6) is 0.815. The summed E-state index contributed by atoms with van der Waals surface area (Å²) >= 11 is 4.52. The summed E-state index contributed by atoms with van der Waals surface area (Å²) in [6, 6.07) is 0. The molecule has 0 amide bonds. The molecule has 0 N–H and O–H groups in total. The van der Waals surface area contributed by atoms with Gasteiger partial charge in [-0.15, -0.1) is 0 Å². The zero-order valence-electron chi connectivity index (χ0n) is 11.6. The van der Waals surface area contributed by atoms with Crippen molar-refractivity contribution < 1.29 is 0 Å². The lowest BCUT2D eigenvalue weighted by Gasteiger charge is -2.32. The average molecular weight is 268 g/mol. The number of hydrogen-bond donors (Lipinski definition) is 1. The van der Waals surface area contributed by atoms with Gasteiger partial charge in [0.25, 0.3) is 0 Å². The van der Waals surface area contributed by atoms with Gasteiger partial charge in [0.2, 0.25) is 0 Å². The molecule has 3 nitrogen and oxygen atoms in total. The second-order valence-electron chi connectivity index (χ2n) is 5.20. The molecule has 0 aliphatic heterocycles. The van der Waals surface area contributed by atoms with E-state index in [1.165, 1.54) is 0 Å². The minimum Gasteiger partial charge on any atom is -0.298 e. The van der Waals surface area contributed by atoms with Crippen LogP contribution in [0.2, 0.25) is 0 Å². The summed E-state index contributed by atoms with van der Waals surface area (Å²) in [4.78, 5) is 15.7. The maximum atomic E-state index is 11.8. The highest BCUT2D eigenvalue weighted by atomic mass is 32.1. The highest BCUT2D eigenvalue weighted by Gasteiger charge is 2.27. The zero-order valence-corrected chi connectivity index (χ0v) is 12.5. The summed E-state index contributed by atoms with van der Waals surface area (Å²) in [5, 5.41) is 0. The SMILES string of the molecule is CCCC(CS)(CCC)Cn1cc(C)cnc1=O. The van der Waals surface area contributed by atoms with Crippen LogP contribution in [0.5, 0.6) is 0 Å². The van der Waals surface area contributed by atoms with E-state index in [0.29, 0.717) is 0 Å². The smallest absolute Gasteiger partial charge is 0.298 e. The van der Waals surface area contributed by atoms with Crippen LogP contribution in [-0.4, -0.2) is 15.3 Å². The van der Waals surface area contributed by atoms with Crippen molar-refractivity contribution in [3.05, 3.63) is 28.4 Å². The first kappa shape index (κ1) is 15.3. The summed E-state index contributed by atoms with van der Waals surface area (Å²) in [6.45, 7) is 7.06. The van der Waals surface area contributed by atoms with Gasteiger partial charge in [0, 0.05) is 18.9 Å². The fourth-order valence-electron chi connectivity index (χ4n) is 2.59. The van der Waals surface area contributed by atoms with Gasteiger partial charge >= 0.3 is 5.69 Å². The second kappa shape index (κ2) is 6.98. The molecule has 0 atom stereocenters. The van der Waals surface area contributed by atoms with Gasteiger partial charge in [0.05, 0.1) is 0 Å². The van der Waals surface area contributed by atoms with Gasteiger partial charge in [-0.05, 0) is 36.5 Å². The molecule has 4 heteroatoms. The predicted molar refractivity (Wildman–Crippen MR) is 79.3 cm³/mol. The van der Waals surface area contributed by atoms with Gasteiger partial charge in [0.15, 0.2) is 0 Å². The van der Waals surface area contributed by atoms with Crippen LogP contribution in [0.3, 0.4) is 0 Å². The quantitative estimate of drug-likeness (QED) is 0.771. The van der Waals surface area contributed by atoms with E-state index >= 15 is 0 Å². The Labute approximate surface area is 115 Å². The molecule has 1 rings (SSSR count). The van der Waals surface area contributed by atoms with Crippen LogP contribution in [0, 0.1) is 12.3 Å². The molecular weight excluding hydrogens is 244 g/mol. The van der Waals surface area contributed by atoms with Gasteiger partial charge < -0.3 is 0 Å². The van der Waals surface area contributed by atoms with Crippen LogP contribution in [0.4, 0.5) is 0 Å². The Balaban J connectivity index is 3.01. The Morgan fingerprint density at radius 1 is 1.33 bits per heavy atom. The lowest BCUT2D eigenvalue weighted by Crippen LogP contribution is -2.34. The molecule has 0 aromatic carbocycles. The van der Waals surface area contributed by atoms with E-state index in [0.717, 1.165) is 43.5 Å². The first-order valence-corrected chi connectivity index (χ1v) is 7.34. The summed E-state index contributed by atoms with van der Waals surface area (Å²) in [7, 11) is 0. The van der Waals surface area contributed by atoms with Gasteiger partial charge in [0.1, 0.15) is 0 Å². The lowest BCUT2D eigenvalue weighted by atomic mass is 9.81. The summed E-state index contributed by atoms with van der Waals surface area (Å²) < 4.78 is 1.75. The molecule has 0 aliphatic rings. The second-order valence-corrected chi connectivity index (χ2v) is 5.52. The monoisotopic (exact) mass is 268 g/mol. The molecule has 1 heterocycles. The molecule has 0 spiro atoms. The minimum atomic E-state index is -0.154. The van der Waals surface area contributed by atoms with Crippen LogP contribution in [0.25, 0.3) is 0 Å². The van der Waals surface area contributed by atoms with E-state index in [2.05, 4.69) is 31.5 Å². The van der Waals surface area contributed by atoms with Crippen LogP contribution >= 0.6 is 12.6 Å². The zero-order chi connectivity index (χ0) is 13.6. The van der Waals surface area contributed by atoms with Crippen LogP contribution < -0.4 is 5.69 Å². The molecule has 1 aromatic rings. The molecule has 1 aromatic heterocycles. The topological polar surface area (TPSA) is 34.9 Å². The number of nitrogens with zero attached hydrogens (tertiary/aromatic N) is 2. The molecule has 0 bridgehead atoms. The van der Waals surface area contributed by atoms with Crippen molar-refractivity contribution in [2.75, 3.05) is 5.75 Å². The van der Waals surface area contributed by atoms with Crippen LogP contribution in [0.1, 0.15) is 45.1 Å². The maximum Gasteiger partial charge on any atom is 0.347 e. The number of rotatable bonds is 7. The summed E-state index contributed by atoms with van der Waals surface area (Å²) in [5.41, 5.74) is 0.987. The van der Waals surface area contributed by atoms with Gasteiger partial charge in [-0.3, -0.25) is 4.57 Å². The third-order valence-electron chi connectivity index (χ3n) is 3.39. The highest BCUT2D eigenvalue weighted by Crippen LogP contribution is 2.32. The average Bonchev–Trinajstić information content (AvgIpc) is 2.34. The standard InChI is InChI=1S/C14H24N2OS/c1-4-6-14(11-18,7-5-2)10-16-9-12(3)8-15-13(16)17/h8-9,18H,4-7,10-11H2,1-3H3. The molecular formula is C14H24N2OS. The molecule has 0 saturated heterocycles. The van der Waals surface area contributed by atoms with Crippen LogP contribution in [0.15, 0.2) is 17.2 Å². The van der Waals surface area contributed by atoms with Crippen LogP contribution in [-0.2, 0) is 6.54 Å². The molecule has 0 fully saturated rings. The predicted octanol–water partition coefficient (Wildman–Crippen LogP) is 3.07. The van der Waals surface area contributed by atoms with Crippen molar-refractivity contribution in [2.24, 2.45) is 5.41 Å². The Morgan fingerprint density at radius 2 is 1.94 bits per heavy atom. The van der Waals surface area contributed by atoms with E-state index in [1.807, 2.05) is 13.1 Å². The summed E-state index contributed by atoms with van der Waals surface area (Å²) in [6.07, 6.45) is 7.97. The van der Waals surface area contributed by atoms with E-state index < -0.39 is 0 Å². The number of aryl methyl sites for hydroxylation is 1. The normalized spacial score (nSPS) is 11.8. The van der Waals surface area contributed by atoms with E-state index in [1.54, 1.807) is 10.8 Å². The number of hydrogen-bond acceptors (Lipinski definition) is 3. The fraction of sp³-hybridized carbons (Fsp3) is 0.714. The van der Waals surface area contributed by atoms with Crippen molar-refractivity contribution in [2.45, 2.75) is 53.0 Å². The Kier molecular flexibility index (Phi) is 5.93. The Hall–Kier alpha value is -0.770. The molecule has 0 radical (unpaired) electrons. The van der Waals surface area contributed by atoms with Crippen molar-refractivity contribution in [3.63, 3.8) is 0 Å². The molecule has 102 valence electrons. The van der Waals surface area contributed by atoms with E-state index in [4.69, 9.17) is 0 Å². The van der Waals surface area contributed by atoms with Gasteiger partial charge in [-0.25, -0.2) is 9.78 Å². The Morgan fingerprint density at radius 3 is 2.44 bits per heavy atom. The maximum absolute atomic E-state index is 11.8. The van der Waals surface area contributed by atoms with E-state index in [9.17, 15) is 4.79 Å². The molecule has 0 aliphatic carbocycles. The lowest BCUT2D eigenvalue weighted by molar-refractivity contribution is 0.227. The first-order valence-electron chi connectivity index (χ1n) is 6.71. The Bertz CT molecular complexity index is 422. The van der Waals surface area contributed by atoms with Crippen molar-refractivity contribution in [1.29, 1.82) is 0 Å². The first-order chi connectivity index (χ1) is 8.56. The van der Waals surface area contributed by atoms with Crippen molar-refractivity contribution in [1.82, 2.24) is 9.55 Å². The third kappa shape index (κ3) is 3.87. The molecule has 18 heavy (non-hydrogen) atoms. The number of thiol groups is 1. The largest absolute Gasteiger partial charge is 0.347 e. The van der Waals surface area contributed by atoms with Gasteiger partial charge in [-0.1, -0.05) is 26.7 Å². The minimum absolute atomic E-state index is 0.117. The van der Waals surface area contributed by atoms with Gasteiger partial charge in [-0.2, -0.15) is 12.6 Å². The molecule has 0 unspecified atom stereocenters. The van der Waals surface area contributed by atoms with Crippen molar-refractivity contribution in [3.8, 4) is 0 Å². The number of aromatic nitrogens is 2. The fourth-order valence-corrected chi connectivity index (χ4v) is 3.01. The van der Waals surface area contributed by atoms with E-state index in [-0.39, 0.29) is 11.1 Å². The third-order valence-corrected chi connectivity index (χ3v) is 4.06.